The molecule has 2 saturated heterocycles. The molecule has 336 valence electrons. The number of hydrogen-bond acceptors (Lipinski definition) is 9. The second kappa shape index (κ2) is 18.5. The van der Waals surface area contributed by atoms with Crippen molar-refractivity contribution in [2.24, 2.45) is 0 Å². The number of fused-ring (bicyclic) bond motifs is 5. The maximum Gasteiger partial charge on any atom is 0.217 e. The molecule has 3 aromatic heterocycles. The fourth-order valence-corrected chi connectivity index (χ4v) is 10.4. The minimum absolute atomic E-state index is 0.0403. The van der Waals surface area contributed by atoms with Crippen LogP contribution in [0, 0.1) is 0 Å². The van der Waals surface area contributed by atoms with Crippen LogP contribution < -0.4 is 10.1 Å². The minimum atomic E-state index is -1.03. The first-order chi connectivity index (χ1) is 32.5. The van der Waals surface area contributed by atoms with Gasteiger partial charge in [-0.1, -0.05) is 110 Å². The molecule has 0 saturated carbocycles. The summed E-state index contributed by atoms with van der Waals surface area (Å²) in [6.45, 7) is 4.89. The predicted molar refractivity (Wildman–Crippen MR) is 256 cm³/mol. The van der Waals surface area contributed by atoms with Gasteiger partial charge in [0.25, 0.3) is 0 Å². The molecule has 8 aromatic rings. The van der Waals surface area contributed by atoms with Crippen molar-refractivity contribution < 1.29 is 19.7 Å². The van der Waals surface area contributed by atoms with Gasteiger partial charge in [-0.25, -0.2) is 14.9 Å². The molecule has 0 aliphatic carbocycles. The van der Waals surface area contributed by atoms with Crippen LogP contribution in [0.1, 0.15) is 79.3 Å². The van der Waals surface area contributed by atoms with E-state index in [0.29, 0.717) is 13.0 Å². The number of aliphatic hydroxyl groups is 2. The molecule has 12 nitrogen and oxygen atoms in total. The Balaban J connectivity index is 0.870. The first-order valence-electron chi connectivity index (χ1n) is 23.4. The number of H-pyrrole nitrogens is 2. The van der Waals surface area contributed by atoms with Gasteiger partial charge in [0.15, 0.2) is 0 Å². The average Bonchev–Trinajstić information content (AvgIpc) is 4.22. The lowest BCUT2D eigenvalue weighted by Crippen LogP contribution is -2.46. The Morgan fingerprint density at radius 3 is 2.18 bits per heavy atom. The summed E-state index contributed by atoms with van der Waals surface area (Å²) in [6.07, 6.45) is 6.01. The number of aromatic amines is 2. The first kappa shape index (κ1) is 42.3. The summed E-state index contributed by atoms with van der Waals surface area (Å²) in [6, 6.07) is 45.8. The number of hydrogen-bond donors (Lipinski definition) is 5. The van der Waals surface area contributed by atoms with Gasteiger partial charge in [-0.05, 0) is 73.7 Å². The van der Waals surface area contributed by atoms with Crippen LogP contribution in [0.4, 0.5) is 0 Å². The predicted octanol–water partition coefficient (Wildman–Crippen LogP) is 9.33. The maximum atomic E-state index is 11.7. The van der Waals surface area contributed by atoms with Crippen LogP contribution in [0.3, 0.4) is 0 Å². The molecular formula is C54H56N8O4. The van der Waals surface area contributed by atoms with Crippen molar-refractivity contribution >= 4 is 10.9 Å². The van der Waals surface area contributed by atoms with Gasteiger partial charge in [0.05, 0.1) is 53.7 Å². The average molecular weight is 881 g/mol. The smallest absolute Gasteiger partial charge is 0.217 e. The van der Waals surface area contributed by atoms with E-state index in [4.69, 9.17) is 19.4 Å². The third kappa shape index (κ3) is 8.25. The fourth-order valence-electron chi connectivity index (χ4n) is 10.4. The lowest BCUT2D eigenvalue weighted by Gasteiger charge is -2.34. The van der Waals surface area contributed by atoms with Gasteiger partial charge in [0, 0.05) is 53.2 Å². The Bertz CT molecular complexity index is 2900. The van der Waals surface area contributed by atoms with Gasteiger partial charge in [0.2, 0.25) is 12.6 Å². The summed E-state index contributed by atoms with van der Waals surface area (Å²) >= 11 is 0. The number of nitrogens with zero attached hydrogens (tertiary/aromatic N) is 5. The van der Waals surface area contributed by atoms with Gasteiger partial charge < -0.3 is 39.5 Å². The lowest BCUT2D eigenvalue weighted by molar-refractivity contribution is -0.205. The summed E-state index contributed by atoms with van der Waals surface area (Å²) in [5.74, 6) is 2.49. The summed E-state index contributed by atoms with van der Waals surface area (Å²) in [5.41, 5.74) is 10.2. The van der Waals surface area contributed by atoms with Crippen LogP contribution in [0.5, 0.6) is 5.75 Å². The van der Waals surface area contributed by atoms with Gasteiger partial charge in [0.1, 0.15) is 23.6 Å². The van der Waals surface area contributed by atoms with Crippen LogP contribution in [0.15, 0.2) is 146 Å². The van der Waals surface area contributed by atoms with E-state index in [0.717, 1.165) is 124 Å². The molecule has 5 aromatic carbocycles. The van der Waals surface area contributed by atoms with E-state index in [1.54, 1.807) is 0 Å². The highest BCUT2D eigenvalue weighted by Crippen LogP contribution is 2.46. The van der Waals surface area contributed by atoms with Crippen molar-refractivity contribution in [1.29, 1.82) is 0 Å². The highest BCUT2D eigenvalue weighted by atomic mass is 16.6. The fraction of sp³-hybridized carbons (Fsp3) is 0.296. The molecule has 6 heterocycles. The van der Waals surface area contributed by atoms with Crippen molar-refractivity contribution in [2.75, 3.05) is 19.6 Å². The van der Waals surface area contributed by atoms with Crippen LogP contribution in [-0.2, 0) is 17.8 Å². The second-order valence-corrected chi connectivity index (χ2v) is 17.8. The molecule has 6 atom stereocenters. The molecule has 66 heavy (non-hydrogen) atoms. The normalized spacial score (nSPS) is 20.6. The van der Waals surface area contributed by atoms with E-state index in [9.17, 15) is 10.2 Å². The maximum absolute atomic E-state index is 11.7. The number of likely N-dealkylation sites (tertiary alicyclic amines) is 2. The van der Waals surface area contributed by atoms with Crippen molar-refractivity contribution in [3.8, 4) is 39.5 Å². The molecule has 0 bridgehead atoms. The monoisotopic (exact) mass is 880 g/mol. The van der Waals surface area contributed by atoms with E-state index in [-0.39, 0.29) is 24.4 Å². The van der Waals surface area contributed by atoms with Gasteiger partial charge in [-0.15, -0.1) is 0 Å². The molecule has 3 aliphatic heterocycles. The summed E-state index contributed by atoms with van der Waals surface area (Å²) in [5, 5.41) is 27.4. The van der Waals surface area contributed by atoms with E-state index in [1.165, 1.54) is 0 Å². The van der Waals surface area contributed by atoms with E-state index >= 15 is 0 Å². The van der Waals surface area contributed by atoms with Gasteiger partial charge >= 0.3 is 0 Å². The zero-order chi connectivity index (χ0) is 44.6. The van der Waals surface area contributed by atoms with Crippen LogP contribution in [0.2, 0.25) is 0 Å². The topological polar surface area (TPSA) is 140 Å². The number of likely N-dealkylation sites (N-methyl/N-ethyl adjacent to an activating group) is 1. The summed E-state index contributed by atoms with van der Waals surface area (Å²) in [4.78, 5) is 21.3. The van der Waals surface area contributed by atoms with Crippen LogP contribution in [0.25, 0.3) is 44.7 Å². The van der Waals surface area contributed by atoms with E-state index < -0.39 is 12.6 Å². The molecule has 4 unspecified atom stereocenters. The molecule has 12 heteroatoms. The highest BCUT2D eigenvalue weighted by Gasteiger charge is 2.40. The Labute approximate surface area is 384 Å². The van der Waals surface area contributed by atoms with E-state index in [2.05, 4.69) is 111 Å². The van der Waals surface area contributed by atoms with E-state index in [1.807, 2.05) is 71.9 Å². The summed E-state index contributed by atoms with van der Waals surface area (Å²) < 4.78 is 15.2. The molecule has 11 rings (SSSR count). The molecule has 0 amide bonds. The zero-order valence-corrected chi connectivity index (χ0v) is 37.1. The first-order valence-corrected chi connectivity index (χ1v) is 23.4. The second-order valence-electron chi connectivity index (χ2n) is 17.8. The van der Waals surface area contributed by atoms with Crippen molar-refractivity contribution in [3.05, 3.63) is 174 Å². The number of benzene rings is 5. The third-order valence-electron chi connectivity index (χ3n) is 13.7. The SMILES string of the molecule is CCNCC1CC[C@@H](c2ncc(-c3ccc4c(c3)OC(c3ccccc3)n3c-4cc4cc(-c5cnc([C@@H]6CCCN6C(O)OCc6ccccc6)[nH]5)ccc43)[nH]2)N1C(O)Cc1ccccc1. The molecule has 0 spiro atoms. The summed E-state index contributed by atoms with van der Waals surface area (Å²) in [7, 11) is 0. The lowest BCUT2D eigenvalue weighted by atomic mass is 10.0. The highest BCUT2D eigenvalue weighted by molar-refractivity contribution is 5.92. The van der Waals surface area contributed by atoms with Crippen molar-refractivity contribution in [1.82, 2.24) is 39.6 Å². The van der Waals surface area contributed by atoms with Crippen molar-refractivity contribution in [2.45, 2.75) is 82.6 Å². The van der Waals surface area contributed by atoms with Gasteiger partial charge in [-0.2, -0.15) is 0 Å². The zero-order valence-electron chi connectivity index (χ0n) is 37.1. The Morgan fingerprint density at radius 2 is 1.44 bits per heavy atom. The Hall–Kier alpha value is -6.38. The third-order valence-corrected chi connectivity index (χ3v) is 13.7. The number of aliphatic hydroxyl groups excluding tert-OH is 2. The Morgan fingerprint density at radius 1 is 0.758 bits per heavy atom. The standard InChI is InChI=1S/C54H56N8O4/c1-2-55-31-41-22-25-47(61(41)50(63)27-35-13-6-3-7-14-35)52-57-33-44(59-52)39-20-23-42-48-29-40-28-38(21-24-45(40)62(48)53(66-49(42)30-39)37-17-10-5-11-18-37)43-32-56-51(58-43)46-19-12-26-60(46)54(64)65-34-36-15-8-4-9-16-36/h3-11,13-18,20-21,23-24,28-30,32-33,41,46-47,50,53-55,63-64H,2,12,19,22,25-27,31,34H2,1H3,(H,56,58)(H,57,59)/t41?,46-,47-,50?,53?,54?/m0/s1. The minimum Gasteiger partial charge on any atom is -0.465 e. The van der Waals surface area contributed by atoms with Crippen LogP contribution in [-0.4, -0.2) is 82.8 Å². The Kier molecular flexibility index (Phi) is 11.8. The molecule has 0 radical (unpaired) electrons. The molecule has 3 aliphatic rings. The molecule has 2 fully saturated rings. The number of nitrogens with one attached hydrogen (secondary N) is 3. The quantitative estimate of drug-likeness (QED) is 0.0638. The number of aromatic nitrogens is 5. The van der Waals surface area contributed by atoms with Crippen molar-refractivity contribution in [3.63, 3.8) is 0 Å². The number of ether oxygens (including phenoxy) is 2. The molecular weight excluding hydrogens is 825 g/mol. The molecule has 5 N–H and O–H groups in total. The number of imidazole rings is 2. The number of rotatable bonds is 15. The largest absolute Gasteiger partial charge is 0.465 e. The van der Waals surface area contributed by atoms with Crippen LogP contribution >= 0.6 is 0 Å². The van der Waals surface area contributed by atoms with Gasteiger partial charge in [-0.3, -0.25) is 4.90 Å².